The van der Waals surface area contributed by atoms with Gasteiger partial charge in [0.25, 0.3) is 10.0 Å². The maximum absolute atomic E-state index is 13.4. The first-order valence-corrected chi connectivity index (χ1v) is 12.0. The number of hydrogen-bond acceptors (Lipinski definition) is 3. The van der Waals surface area contributed by atoms with Crippen LogP contribution < -0.4 is 9.62 Å². The van der Waals surface area contributed by atoms with Crippen molar-refractivity contribution in [1.29, 1.82) is 0 Å². The summed E-state index contributed by atoms with van der Waals surface area (Å²) in [7, 11) is -3.95. The van der Waals surface area contributed by atoms with Gasteiger partial charge >= 0.3 is 0 Å². The molecule has 0 unspecified atom stereocenters. The lowest BCUT2D eigenvalue weighted by atomic mass is 9.88. The average molecular weight is 455 g/mol. The molecule has 0 aromatic heterocycles. The van der Waals surface area contributed by atoms with Gasteiger partial charge in [0.15, 0.2) is 0 Å². The van der Waals surface area contributed by atoms with Crippen molar-refractivity contribution in [2.75, 3.05) is 10.8 Å². The summed E-state index contributed by atoms with van der Waals surface area (Å²) in [6, 6.07) is 22.5. The number of hydrogen-bond donors (Lipinski definition) is 1. The lowest BCUT2D eigenvalue weighted by Gasteiger charge is -2.28. The van der Waals surface area contributed by atoms with E-state index in [4.69, 9.17) is 11.6 Å². The molecule has 0 saturated carbocycles. The number of carbonyl (C=O) groups excluding carboxylic acids is 1. The lowest BCUT2D eigenvalue weighted by molar-refractivity contribution is -0.120. The van der Waals surface area contributed by atoms with Gasteiger partial charge in [0, 0.05) is 5.02 Å². The van der Waals surface area contributed by atoms with Gasteiger partial charge in [0.1, 0.15) is 6.54 Å². The van der Waals surface area contributed by atoms with Crippen LogP contribution in [-0.4, -0.2) is 20.9 Å². The SMILES string of the molecule is O=C(CN(c1cccc(Cl)c1)S(=O)(=O)c1ccccc1)N[C@@H]1CCCc2ccccc21. The number of benzene rings is 3. The number of fused-ring (bicyclic) bond motifs is 1. The Kier molecular flexibility index (Phi) is 6.30. The molecule has 1 aliphatic rings. The molecule has 5 nitrogen and oxygen atoms in total. The van der Waals surface area contributed by atoms with E-state index in [1.807, 2.05) is 18.2 Å². The summed E-state index contributed by atoms with van der Waals surface area (Å²) in [4.78, 5) is 13.1. The highest BCUT2D eigenvalue weighted by molar-refractivity contribution is 7.92. The van der Waals surface area contributed by atoms with Crippen LogP contribution in [0.2, 0.25) is 5.02 Å². The number of aryl methyl sites for hydroxylation is 1. The number of halogens is 1. The number of sulfonamides is 1. The molecule has 1 amide bonds. The monoisotopic (exact) mass is 454 g/mol. The summed E-state index contributed by atoms with van der Waals surface area (Å²) in [6.07, 6.45) is 2.78. The molecule has 0 bridgehead atoms. The van der Waals surface area contributed by atoms with Crippen LogP contribution in [0.5, 0.6) is 0 Å². The molecule has 3 aromatic carbocycles. The van der Waals surface area contributed by atoms with Crippen molar-refractivity contribution < 1.29 is 13.2 Å². The first-order valence-electron chi connectivity index (χ1n) is 10.2. The predicted octanol–water partition coefficient (Wildman–Crippen LogP) is 4.73. The molecule has 4 rings (SSSR count). The van der Waals surface area contributed by atoms with Crippen LogP contribution in [0.25, 0.3) is 0 Å². The van der Waals surface area contributed by atoms with Crippen LogP contribution in [0.1, 0.15) is 30.0 Å². The van der Waals surface area contributed by atoms with Gasteiger partial charge in [-0.15, -0.1) is 0 Å². The van der Waals surface area contributed by atoms with E-state index in [2.05, 4.69) is 11.4 Å². The lowest BCUT2D eigenvalue weighted by Crippen LogP contribution is -2.42. The second-order valence-electron chi connectivity index (χ2n) is 7.52. The van der Waals surface area contributed by atoms with Gasteiger partial charge in [-0.05, 0) is 60.7 Å². The topological polar surface area (TPSA) is 66.5 Å². The fourth-order valence-electron chi connectivity index (χ4n) is 3.94. The van der Waals surface area contributed by atoms with E-state index in [-0.39, 0.29) is 23.4 Å². The summed E-state index contributed by atoms with van der Waals surface area (Å²) in [5.41, 5.74) is 2.67. The smallest absolute Gasteiger partial charge is 0.264 e. The highest BCUT2D eigenvalue weighted by atomic mass is 35.5. The number of rotatable bonds is 6. The van der Waals surface area contributed by atoms with Crippen LogP contribution in [0, 0.1) is 0 Å². The van der Waals surface area contributed by atoms with E-state index in [0.29, 0.717) is 10.7 Å². The second kappa shape index (κ2) is 9.12. The fourth-order valence-corrected chi connectivity index (χ4v) is 5.56. The molecule has 7 heteroatoms. The second-order valence-corrected chi connectivity index (χ2v) is 9.81. The molecule has 1 N–H and O–H groups in total. The van der Waals surface area contributed by atoms with Crippen LogP contribution in [-0.2, 0) is 21.2 Å². The quantitative estimate of drug-likeness (QED) is 0.585. The van der Waals surface area contributed by atoms with Crippen LogP contribution >= 0.6 is 11.6 Å². The normalized spacial score (nSPS) is 15.7. The minimum atomic E-state index is -3.95. The summed E-state index contributed by atoms with van der Waals surface area (Å²) in [5, 5.41) is 3.43. The minimum absolute atomic E-state index is 0.116. The van der Waals surface area contributed by atoms with E-state index in [1.165, 1.54) is 17.7 Å². The Morgan fingerprint density at radius 1 is 1.00 bits per heavy atom. The van der Waals surface area contributed by atoms with Crippen molar-refractivity contribution in [3.8, 4) is 0 Å². The molecule has 0 radical (unpaired) electrons. The number of anilines is 1. The van der Waals surface area contributed by atoms with Crippen LogP contribution in [0.4, 0.5) is 5.69 Å². The highest BCUT2D eigenvalue weighted by Gasteiger charge is 2.29. The third-order valence-corrected chi connectivity index (χ3v) is 7.44. The maximum Gasteiger partial charge on any atom is 0.264 e. The molecule has 1 aliphatic carbocycles. The van der Waals surface area contributed by atoms with Gasteiger partial charge in [-0.1, -0.05) is 60.1 Å². The van der Waals surface area contributed by atoms with Gasteiger partial charge in [0.2, 0.25) is 5.91 Å². The fraction of sp³-hybridized carbons (Fsp3) is 0.208. The zero-order valence-electron chi connectivity index (χ0n) is 16.9. The first kappa shape index (κ1) is 21.4. The van der Waals surface area contributed by atoms with Gasteiger partial charge < -0.3 is 5.32 Å². The zero-order valence-corrected chi connectivity index (χ0v) is 18.4. The Morgan fingerprint density at radius 3 is 2.52 bits per heavy atom. The summed E-state index contributed by atoms with van der Waals surface area (Å²) >= 11 is 6.11. The number of nitrogens with zero attached hydrogens (tertiary/aromatic N) is 1. The minimum Gasteiger partial charge on any atom is -0.348 e. The van der Waals surface area contributed by atoms with Crippen molar-refractivity contribution in [3.05, 3.63) is 95.0 Å². The van der Waals surface area contributed by atoms with Crippen molar-refractivity contribution in [3.63, 3.8) is 0 Å². The number of amides is 1. The van der Waals surface area contributed by atoms with E-state index >= 15 is 0 Å². The average Bonchev–Trinajstić information content (AvgIpc) is 2.78. The molecule has 0 fully saturated rings. The molecular weight excluding hydrogens is 432 g/mol. The molecular formula is C24H23ClN2O3S. The van der Waals surface area contributed by atoms with E-state index in [0.717, 1.165) is 29.1 Å². The van der Waals surface area contributed by atoms with E-state index in [9.17, 15) is 13.2 Å². The Morgan fingerprint density at radius 2 is 1.74 bits per heavy atom. The van der Waals surface area contributed by atoms with E-state index in [1.54, 1.807) is 42.5 Å². The summed E-state index contributed by atoms with van der Waals surface area (Å²) < 4.78 is 27.9. The third-order valence-electron chi connectivity index (χ3n) is 5.42. The highest BCUT2D eigenvalue weighted by Crippen LogP contribution is 2.30. The maximum atomic E-state index is 13.4. The number of carbonyl (C=O) groups is 1. The Balaban J connectivity index is 1.62. The van der Waals surface area contributed by atoms with E-state index < -0.39 is 10.0 Å². The third kappa shape index (κ3) is 4.75. The van der Waals surface area contributed by atoms with Gasteiger partial charge in [-0.3, -0.25) is 9.10 Å². The Hall–Kier alpha value is -2.83. The zero-order chi connectivity index (χ0) is 21.8. The number of nitrogens with one attached hydrogen (secondary N) is 1. The molecule has 0 aliphatic heterocycles. The largest absolute Gasteiger partial charge is 0.348 e. The Bertz CT molecular complexity index is 1180. The molecule has 31 heavy (non-hydrogen) atoms. The van der Waals surface area contributed by atoms with Crippen molar-refractivity contribution in [2.45, 2.75) is 30.2 Å². The van der Waals surface area contributed by atoms with Crippen molar-refractivity contribution >= 4 is 33.2 Å². The first-order chi connectivity index (χ1) is 14.9. The molecule has 3 aromatic rings. The Labute approximate surface area is 187 Å². The summed E-state index contributed by atoms with van der Waals surface area (Å²) in [6.45, 7) is -0.337. The van der Waals surface area contributed by atoms with Gasteiger partial charge in [-0.2, -0.15) is 0 Å². The van der Waals surface area contributed by atoms with Crippen LogP contribution in [0.15, 0.2) is 83.8 Å². The molecule has 0 spiro atoms. The predicted molar refractivity (Wildman–Crippen MR) is 123 cm³/mol. The van der Waals surface area contributed by atoms with Crippen molar-refractivity contribution in [2.24, 2.45) is 0 Å². The standard InChI is InChI=1S/C24H23ClN2O3S/c25-19-10-7-11-20(16-19)27(31(29,30)21-12-2-1-3-13-21)17-24(28)26-23-15-6-9-18-8-4-5-14-22(18)23/h1-5,7-8,10-14,16,23H,6,9,15,17H2,(H,26,28)/t23-/m1/s1. The van der Waals surface area contributed by atoms with Gasteiger partial charge in [0.05, 0.1) is 16.6 Å². The molecule has 1 atom stereocenters. The molecule has 0 heterocycles. The van der Waals surface area contributed by atoms with Crippen molar-refractivity contribution in [1.82, 2.24) is 5.32 Å². The molecule has 160 valence electrons. The molecule has 0 saturated heterocycles. The summed E-state index contributed by atoms with van der Waals surface area (Å²) in [5.74, 6) is -0.360. The van der Waals surface area contributed by atoms with Gasteiger partial charge in [-0.25, -0.2) is 8.42 Å². The van der Waals surface area contributed by atoms with Crippen LogP contribution in [0.3, 0.4) is 0 Å².